The van der Waals surface area contributed by atoms with Crippen LogP contribution in [0.5, 0.6) is 0 Å². The summed E-state index contributed by atoms with van der Waals surface area (Å²) in [7, 11) is 1.29. The topological polar surface area (TPSA) is 26.3 Å². The summed E-state index contributed by atoms with van der Waals surface area (Å²) in [5, 5.41) is -1.06. The molecule has 84 valence electrons. The van der Waals surface area contributed by atoms with Crippen LogP contribution in [-0.4, -0.2) is 18.5 Å². The zero-order chi connectivity index (χ0) is 11.6. The molecule has 0 aromatic carbocycles. The Balaban J connectivity index is 3.20. The second-order valence-corrected chi connectivity index (χ2v) is 3.32. The molecule has 1 aliphatic rings. The molecule has 0 atom stereocenters. The Morgan fingerprint density at radius 3 is 2.47 bits per heavy atom. The number of methoxy groups -OCH3 is 1. The molecule has 0 amide bonds. The van der Waals surface area contributed by atoms with E-state index >= 15 is 0 Å². The van der Waals surface area contributed by atoms with Gasteiger partial charge in [-0.3, -0.25) is 4.79 Å². The Labute approximate surface area is 89.3 Å². The van der Waals surface area contributed by atoms with E-state index in [0.717, 1.165) is 6.08 Å². The fourth-order valence-electron chi connectivity index (χ4n) is 1.32. The molecule has 0 bridgehead atoms. The highest BCUT2D eigenvalue weighted by atomic mass is 35.5. The van der Waals surface area contributed by atoms with Crippen molar-refractivity contribution in [3.63, 3.8) is 0 Å². The van der Waals surface area contributed by atoms with Crippen LogP contribution < -0.4 is 0 Å². The molecular formula is C9H8ClF3O2. The first-order valence-corrected chi connectivity index (χ1v) is 4.48. The maximum Gasteiger partial charge on any atom is 0.416 e. The number of rotatable bonds is 2. The lowest BCUT2D eigenvalue weighted by molar-refractivity contribution is -0.111. The van der Waals surface area contributed by atoms with Crippen molar-refractivity contribution in [1.29, 1.82) is 0 Å². The lowest BCUT2D eigenvalue weighted by atomic mass is 9.97. The van der Waals surface area contributed by atoms with Gasteiger partial charge in [0.05, 0.1) is 18.4 Å². The highest BCUT2D eigenvalue weighted by molar-refractivity contribution is 6.67. The molecule has 0 N–H and O–H groups in total. The summed E-state index contributed by atoms with van der Waals surface area (Å²) in [6.07, 6.45) is -3.55. The van der Waals surface area contributed by atoms with Crippen LogP contribution in [-0.2, 0) is 9.53 Å². The Morgan fingerprint density at radius 1 is 1.47 bits per heavy atom. The Kier molecular flexibility index (Phi) is 3.44. The van der Waals surface area contributed by atoms with Crippen LogP contribution in [0.15, 0.2) is 23.0 Å². The Morgan fingerprint density at radius 2 is 2.07 bits per heavy atom. The number of hydrogen-bond acceptors (Lipinski definition) is 2. The van der Waals surface area contributed by atoms with Gasteiger partial charge in [0.1, 0.15) is 0 Å². The lowest BCUT2D eigenvalue weighted by Gasteiger charge is -2.19. The second-order valence-electron chi connectivity index (χ2n) is 2.98. The van der Waals surface area contributed by atoms with Crippen molar-refractivity contribution in [2.75, 3.05) is 7.11 Å². The first-order chi connectivity index (χ1) is 6.86. The molecule has 0 saturated heterocycles. The maximum absolute atomic E-state index is 12.5. The smallest absolute Gasteiger partial charge is 0.416 e. The monoisotopic (exact) mass is 240 g/mol. The first-order valence-electron chi connectivity index (χ1n) is 4.11. The van der Waals surface area contributed by atoms with Gasteiger partial charge in [0.25, 0.3) is 0 Å². The minimum atomic E-state index is -4.58. The van der Waals surface area contributed by atoms with Crippen molar-refractivity contribution < 1.29 is 22.7 Å². The van der Waals surface area contributed by atoms with Gasteiger partial charge in [-0.05, 0) is 24.1 Å². The van der Waals surface area contributed by atoms with Crippen LogP contribution in [0.1, 0.15) is 12.8 Å². The molecule has 0 fully saturated rings. The molecule has 0 radical (unpaired) electrons. The highest BCUT2D eigenvalue weighted by Gasteiger charge is 2.38. The van der Waals surface area contributed by atoms with E-state index < -0.39 is 22.6 Å². The predicted octanol–water partition coefficient (Wildman–Crippen LogP) is 2.93. The Hall–Kier alpha value is -0.970. The van der Waals surface area contributed by atoms with Gasteiger partial charge in [-0.15, -0.1) is 0 Å². The molecule has 2 nitrogen and oxygen atoms in total. The third kappa shape index (κ3) is 2.75. The predicted molar refractivity (Wildman–Crippen MR) is 48.3 cm³/mol. The van der Waals surface area contributed by atoms with Gasteiger partial charge in [0.2, 0.25) is 5.24 Å². The van der Waals surface area contributed by atoms with Crippen LogP contribution in [0.2, 0.25) is 0 Å². The molecule has 0 heterocycles. The quantitative estimate of drug-likeness (QED) is 0.694. The number of carbonyl (C=O) groups excluding carboxylic acids is 1. The third-order valence-corrected chi connectivity index (χ3v) is 2.28. The third-order valence-electron chi connectivity index (χ3n) is 2.06. The van der Waals surface area contributed by atoms with Gasteiger partial charge in [0.15, 0.2) is 0 Å². The molecule has 0 aromatic rings. The summed E-state index contributed by atoms with van der Waals surface area (Å²) < 4.78 is 42.2. The highest BCUT2D eigenvalue weighted by Crippen LogP contribution is 2.36. The SMILES string of the molecule is COC1=CC(C(F)(F)F)=C(C(=O)Cl)CC1. The zero-order valence-corrected chi connectivity index (χ0v) is 8.58. The normalized spacial score (nSPS) is 17.5. The molecular weight excluding hydrogens is 233 g/mol. The number of alkyl halides is 3. The average molecular weight is 241 g/mol. The molecule has 15 heavy (non-hydrogen) atoms. The maximum atomic E-state index is 12.5. The summed E-state index contributed by atoms with van der Waals surface area (Å²) in [5.74, 6) is 0.198. The van der Waals surface area contributed by atoms with E-state index in [-0.39, 0.29) is 18.6 Å². The van der Waals surface area contributed by atoms with Gasteiger partial charge in [-0.2, -0.15) is 13.2 Å². The van der Waals surface area contributed by atoms with Crippen molar-refractivity contribution in [3.8, 4) is 0 Å². The number of ether oxygens (including phenoxy) is 1. The van der Waals surface area contributed by atoms with E-state index in [1.165, 1.54) is 7.11 Å². The van der Waals surface area contributed by atoms with Crippen LogP contribution in [0.4, 0.5) is 13.2 Å². The van der Waals surface area contributed by atoms with E-state index in [1.807, 2.05) is 0 Å². The van der Waals surface area contributed by atoms with Crippen molar-refractivity contribution in [2.24, 2.45) is 0 Å². The van der Waals surface area contributed by atoms with Gasteiger partial charge < -0.3 is 4.74 Å². The molecule has 0 spiro atoms. The van der Waals surface area contributed by atoms with Crippen molar-refractivity contribution in [1.82, 2.24) is 0 Å². The largest absolute Gasteiger partial charge is 0.501 e. The standard InChI is InChI=1S/C9H8ClF3O2/c1-15-5-2-3-6(8(10)14)7(4-5)9(11,12)13/h4H,2-3H2,1H3. The molecule has 0 saturated carbocycles. The molecule has 1 aliphatic carbocycles. The fourth-order valence-corrected chi connectivity index (χ4v) is 1.52. The number of allylic oxidation sites excluding steroid dienone is 4. The van der Waals surface area contributed by atoms with Crippen molar-refractivity contribution >= 4 is 16.8 Å². The van der Waals surface area contributed by atoms with Gasteiger partial charge in [-0.25, -0.2) is 0 Å². The molecule has 0 aromatic heterocycles. The van der Waals surface area contributed by atoms with E-state index in [1.54, 1.807) is 0 Å². The minimum Gasteiger partial charge on any atom is -0.501 e. The fraction of sp³-hybridized carbons (Fsp3) is 0.444. The molecule has 6 heteroatoms. The zero-order valence-electron chi connectivity index (χ0n) is 7.82. The first kappa shape index (κ1) is 12.1. The van der Waals surface area contributed by atoms with E-state index in [2.05, 4.69) is 0 Å². The van der Waals surface area contributed by atoms with Crippen molar-refractivity contribution in [3.05, 3.63) is 23.0 Å². The van der Waals surface area contributed by atoms with Crippen molar-refractivity contribution in [2.45, 2.75) is 19.0 Å². The summed E-state index contributed by atoms with van der Waals surface area (Å²) in [6, 6.07) is 0. The lowest BCUT2D eigenvalue weighted by Crippen LogP contribution is -2.18. The summed E-state index contributed by atoms with van der Waals surface area (Å²) in [6.45, 7) is 0. The molecule has 0 unspecified atom stereocenters. The summed E-state index contributed by atoms with van der Waals surface area (Å²) >= 11 is 5.08. The van der Waals surface area contributed by atoms with Gasteiger partial charge >= 0.3 is 6.18 Å². The number of carbonyl (C=O) groups is 1. The summed E-state index contributed by atoms with van der Waals surface area (Å²) in [4.78, 5) is 10.8. The molecule has 0 aliphatic heterocycles. The van der Waals surface area contributed by atoms with Crippen LogP contribution in [0.3, 0.4) is 0 Å². The average Bonchev–Trinajstić information content (AvgIpc) is 2.15. The van der Waals surface area contributed by atoms with E-state index in [0.29, 0.717) is 0 Å². The number of halogens is 4. The van der Waals surface area contributed by atoms with Crippen LogP contribution in [0, 0.1) is 0 Å². The van der Waals surface area contributed by atoms with E-state index in [9.17, 15) is 18.0 Å². The van der Waals surface area contributed by atoms with Gasteiger partial charge in [0, 0.05) is 12.0 Å². The van der Waals surface area contributed by atoms with Crippen LogP contribution >= 0.6 is 11.6 Å². The molecule has 1 rings (SSSR count). The van der Waals surface area contributed by atoms with Crippen LogP contribution in [0.25, 0.3) is 0 Å². The van der Waals surface area contributed by atoms with Gasteiger partial charge in [-0.1, -0.05) is 0 Å². The minimum absolute atomic E-state index is 0.0448. The number of hydrogen-bond donors (Lipinski definition) is 0. The second kappa shape index (κ2) is 4.26. The van der Waals surface area contributed by atoms with E-state index in [4.69, 9.17) is 16.3 Å². The summed E-state index contributed by atoms with van der Waals surface area (Å²) in [5.41, 5.74) is -1.41. The Bertz CT molecular complexity index is 342.